The van der Waals surface area contributed by atoms with E-state index < -0.39 is 0 Å². The molecule has 0 radical (unpaired) electrons. The Morgan fingerprint density at radius 3 is 2.80 bits per heavy atom. The van der Waals surface area contributed by atoms with Gasteiger partial charge >= 0.3 is 0 Å². The van der Waals surface area contributed by atoms with E-state index in [0.717, 1.165) is 17.0 Å². The predicted octanol–water partition coefficient (Wildman–Crippen LogP) is 4.21. The lowest BCUT2D eigenvalue weighted by Gasteiger charge is -2.10. The number of thiophene rings is 1. The summed E-state index contributed by atoms with van der Waals surface area (Å²) in [4.78, 5) is 1.09. The van der Waals surface area contributed by atoms with E-state index in [1.165, 1.54) is 6.07 Å². The number of hydrogen-bond donors (Lipinski definition) is 1. The van der Waals surface area contributed by atoms with E-state index in [4.69, 9.17) is 4.74 Å². The molecular formula is C16H20FNOS. The second kappa shape index (κ2) is 7.41. The Balaban J connectivity index is 1.88. The molecule has 0 saturated heterocycles. The van der Waals surface area contributed by atoms with Gasteiger partial charge in [-0.3, -0.25) is 0 Å². The van der Waals surface area contributed by atoms with Crippen molar-refractivity contribution in [3.05, 3.63) is 52.0 Å². The summed E-state index contributed by atoms with van der Waals surface area (Å²) in [5.74, 6) is 0.602. The van der Waals surface area contributed by atoms with Gasteiger partial charge in [-0.05, 0) is 41.6 Å². The summed E-state index contributed by atoms with van der Waals surface area (Å²) in [7, 11) is 0. The predicted molar refractivity (Wildman–Crippen MR) is 81.6 cm³/mol. The van der Waals surface area contributed by atoms with Crippen LogP contribution in [0.1, 0.15) is 24.3 Å². The molecule has 1 heterocycles. The van der Waals surface area contributed by atoms with Gasteiger partial charge in [-0.2, -0.15) is 0 Å². The Labute approximate surface area is 123 Å². The van der Waals surface area contributed by atoms with Crippen molar-refractivity contribution in [2.24, 2.45) is 5.92 Å². The van der Waals surface area contributed by atoms with Crippen LogP contribution in [0.3, 0.4) is 0 Å². The molecule has 0 unspecified atom stereocenters. The van der Waals surface area contributed by atoms with Crippen molar-refractivity contribution in [2.45, 2.75) is 27.0 Å². The molecule has 0 aliphatic rings. The lowest BCUT2D eigenvalue weighted by atomic mass is 10.2. The summed E-state index contributed by atoms with van der Waals surface area (Å²) in [5, 5.41) is 5.28. The molecule has 0 amide bonds. The van der Waals surface area contributed by atoms with Crippen molar-refractivity contribution in [2.75, 3.05) is 6.54 Å². The second-order valence-electron chi connectivity index (χ2n) is 5.16. The van der Waals surface area contributed by atoms with E-state index >= 15 is 0 Å². The first-order valence-corrected chi connectivity index (χ1v) is 7.67. The van der Waals surface area contributed by atoms with Gasteiger partial charge in [0.25, 0.3) is 0 Å². The zero-order valence-corrected chi connectivity index (χ0v) is 12.7. The number of ether oxygens (including phenoxy) is 1. The largest absolute Gasteiger partial charge is 0.485 e. The maximum Gasteiger partial charge on any atom is 0.165 e. The van der Waals surface area contributed by atoms with Crippen molar-refractivity contribution >= 4 is 11.3 Å². The smallest absolute Gasteiger partial charge is 0.165 e. The lowest BCUT2D eigenvalue weighted by Crippen LogP contribution is -2.19. The van der Waals surface area contributed by atoms with Crippen LogP contribution in [0, 0.1) is 11.7 Å². The summed E-state index contributed by atoms with van der Waals surface area (Å²) in [6.45, 7) is 6.32. The number of halogens is 1. The zero-order chi connectivity index (χ0) is 14.4. The topological polar surface area (TPSA) is 21.3 Å². The van der Waals surface area contributed by atoms with Crippen LogP contribution < -0.4 is 10.1 Å². The summed E-state index contributed by atoms with van der Waals surface area (Å²) in [6, 6.07) is 9.09. The maximum absolute atomic E-state index is 13.9. The molecule has 0 aliphatic heterocycles. The molecule has 2 rings (SSSR count). The molecule has 0 atom stereocenters. The summed E-state index contributed by atoms with van der Waals surface area (Å²) in [6.07, 6.45) is 0. The average Bonchev–Trinajstić information content (AvgIpc) is 2.90. The van der Waals surface area contributed by atoms with Gasteiger partial charge in [0.2, 0.25) is 0 Å². The van der Waals surface area contributed by atoms with E-state index in [-0.39, 0.29) is 5.82 Å². The third-order valence-electron chi connectivity index (χ3n) is 2.83. The number of nitrogens with one attached hydrogen (secondary N) is 1. The van der Waals surface area contributed by atoms with Crippen LogP contribution in [-0.4, -0.2) is 6.54 Å². The van der Waals surface area contributed by atoms with Crippen molar-refractivity contribution in [3.8, 4) is 5.75 Å². The molecule has 108 valence electrons. The standard InChI is InChI=1S/C16H20FNOS/c1-12(2)9-18-10-13-5-6-16(15(17)8-13)19-11-14-4-3-7-20-14/h3-8,12,18H,9-11H2,1-2H3. The first-order chi connectivity index (χ1) is 9.65. The highest BCUT2D eigenvalue weighted by atomic mass is 32.1. The highest BCUT2D eigenvalue weighted by Crippen LogP contribution is 2.20. The Hall–Kier alpha value is -1.39. The van der Waals surface area contributed by atoms with E-state index in [0.29, 0.717) is 24.8 Å². The van der Waals surface area contributed by atoms with Crippen molar-refractivity contribution in [1.29, 1.82) is 0 Å². The third kappa shape index (κ3) is 4.62. The molecule has 2 aromatic rings. The van der Waals surface area contributed by atoms with E-state index in [1.54, 1.807) is 17.4 Å². The van der Waals surface area contributed by atoms with Crippen LogP contribution in [0.25, 0.3) is 0 Å². The molecule has 0 aliphatic carbocycles. The number of rotatable bonds is 7. The fourth-order valence-corrected chi connectivity index (χ4v) is 2.44. The Kier molecular flexibility index (Phi) is 5.56. The molecular weight excluding hydrogens is 273 g/mol. The minimum atomic E-state index is -0.301. The van der Waals surface area contributed by atoms with Crippen molar-refractivity contribution in [3.63, 3.8) is 0 Å². The van der Waals surface area contributed by atoms with Gasteiger partial charge in [0.05, 0.1) is 0 Å². The molecule has 20 heavy (non-hydrogen) atoms. The first-order valence-electron chi connectivity index (χ1n) is 6.79. The van der Waals surface area contributed by atoms with Crippen LogP contribution in [0.15, 0.2) is 35.7 Å². The first kappa shape index (κ1) is 15.0. The van der Waals surface area contributed by atoms with E-state index in [9.17, 15) is 4.39 Å². The van der Waals surface area contributed by atoms with Gasteiger partial charge in [0.1, 0.15) is 6.61 Å². The van der Waals surface area contributed by atoms with Gasteiger partial charge in [-0.1, -0.05) is 26.0 Å². The third-order valence-corrected chi connectivity index (χ3v) is 3.68. The van der Waals surface area contributed by atoms with Crippen molar-refractivity contribution < 1.29 is 9.13 Å². The fraction of sp³-hybridized carbons (Fsp3) is 0.375. The minimum Gasteiger partial charge on any atom is -0.485 e. The van der Waals surface area contributed by atoms with Crippen LogP contribution in [0.5, 0.6) is 5.75 Å². The van der Waals surface area contributed by atoms with Gasteiger partial charge in [0.15, 0.2) is 11.6 Å². The van der Waals surface area contributed by atoms with Crippen LogP contribution in [0.2, 0.25) is 0 Å². The Morgan fingerprint density at radius 2 is 2.15 bits per heavy atom. The van der Waals surface area contributed by atoms with Gasteiger partial charge in [-0.15, -0.1) is 11.3 Å². The summed E-state index contributed by atoms with van der Waals surface area (Å²) >= 11 is 1.61. The molecule has 1 N–H and O–H groups in total. The molecule has 1 aromatic heterocycles. The van der Waals surface area contributed by atoms with Crippen molar-refractivity contribution in [1.82, 2.24) is 5.32 Å². The molecule has 0 fully saturated rings. The molecule has 0 bridgehead atoms. The van der Waals surface area contributed by atoms with Crippen LogP contribution in [-0.2, 0) is 13.2 Å². The molecule has 0 spiro atoms. The second-order valence-corrected chi connectivity index (χ2v) is 6.19. The number of hydrogen-bond acceptors (Lipinski definition) is 3. The fourth-order valence-electron chi connectivity index (χ4n) is 1.82. The monoisotopic (exact) mass is 293 g/mol. The van der Waals surface area contributed by atoms with Gasteiger partial charge in [-0.25, -0.2) is 4.39 Å². The quantitative estimate of drug-likeness (QED) is 0.825. The lowest BCUT2D eigenvalue weighted by molar-refractivity contribution is 0.293. The van der Waals surface area contributed by atoms with Gasteiger partial charge < -0.3 is 10.1 Å². The number of benzene rings is 1. The zero-order valence-electron chi connectivity index (χ0n) is 11.9. The molecule has 0 saturated carbocycles. The Bertz CT molecular complexity index is 525. The normalized spacial score (nSPS) is 11.0. The van der Waals surface area contributed by atoms with Crippen LogP contribution in [0.4, 0.5) is 4.39 Å². The van der Waals surface area contributed by atoms with Crippen LogP contribution >= 0.6 is 11.3 Å². The Morgan fingerprint density at radius 1 is 1.30 bits per heavy atom. The average molecular weight is 293 g/mol. The van der Waals surface area contributed by atoms with E-state index in [2.05, 4.69) is 19.2 Å². The molecule has 4 heteroatoms. The summed E-state index contributed by atoms with van der Waals surface area (Å²) in [5.41, 5.74) is 0.937. The maximum atomic E-state index is 13.9. The van der Waals surface area contributed by atoms with Gasteiger partial charge in [0, 0.05) is 11.4 Å². The van der Waals surface area contributed by atoms with E-state index in [1.807, 2.05) is 23.6 Å². The molecule has 2 nitrogen and oxygen atoms in total. The SMILES string of the molecule is CC(C)CNCc1ccc(OCc2cccs2)c(F)c1. The highest BCUT2D eigenvalue weighted by Gasteiger charge is 2.06. The highest BCUT2D eigenvalue weighted by molar-refractivity contribution is 7.09. The summed E-state index contributed by atoms with van der Waals surface area (Å²) < 4.78 is 19.4. The molecule has 1 aromatic carbocycles. The minimum absolute atomic E-state index is 0.301.